The Kier molecular flexibility index (Phi) is 6.82. The van der Waals surface area contributed by atoms with Crippen molar-refractivity contribution in [3.05, 3.63) is 41.2 Å². The van der Waals surface area contributed by atoms with Crippen LogP contribution in [0.15, 0.2) is 34.9 Å². The Morgan fingerprint density at radius 1 is 1.43 bits per heavy atom. The van der Waals surface area contributed by atoms with Crippen molar-refractivity contribution in [1.82, 2.24) is 15.3 Å². The molecular formula is C14H18N6OS2. The van der Waals surface area contributed by atoms with Crippen molar-refractivity contribution in [2.45, 2.75) is 12.2 Å². The summed E-state index contributed by atoms with van der Waals surface area (Å²) in [5, 5.41) is 5.39. The van der Waals surface area contributed by atoms with Gasteiger partial charge in [-0.15, -0.1) is 11.3 Å². The number of hydrogen-bond acceptors (Lipinski definition) is 6. The minimum absolute atomic E-state index is 0.0166. The number of thioether (sulfide) groups is 1. The summed E-state index contributed by atoms with van der Waals surface area (Å²) in [6.45, 7) is 0.636. The van der Waals surface area contributed by atoms with Gasteiger partial charge in [0.25, 0.3) is 5.91 Å². The molecular weight excluding hydrogens is 332 g/mol. The van der Waals surface area contributed by atoms with Gasteiger partial charge in [0, 0.05) is 30.1 Å². The van der Waals surface area contributed by atoms with Crippen molar-refractivity contribution < 1.29 is 4.79 Å². The number of rotatable bonds is 8. The van der Waals surface area contributed by atoms with Gasteiger partial charge in [0.1, 0.15) is 0 Å². The molecule has 0 spiro atoms. The van der Waals surface area contributed by atoms with E-state index >= 15 is 0 Å². The van der Waals surface area contributed by atoms with E-state index in [0.29, 0.717) is 17.2 Å². The van der Waals surface area contributed by atoms with E-state index in [1.165, 1.54) is 11.3 Å². The number of pyridine rings is 1. The molecule has 0 aromatic carbocycles. The van der Waals surface area contributed by atoms with Gasteiger partial charge >= 0.3 is 0 Å². The van der Waals surface area contributed by atoms with Gasteiger partial charge in [-0.3, -0.25) is 9.78 Å². The summed E-state index contributed by atoms with van der Waals surface area (Å²) in [6.07, 6.45) is 4.09. The van der Waals surface area contributed by atoms with Crippen LogP contribution in [0.4, 0.5) is 5.13 Å². The summed E-state index contributed by atoms with van der Waals surface area (Å²) in [4.78, 5) is 23.9. The molecule has 0 bridgehead atoms. The minimum atomic E-state index is -0.0931. The summed E-state index contributed by atoms with van der Waals surface area (Å²) in [5.74, 6) is 1.66. The lowest BCUT2D eigenvalue weighted by molar-refractivity contribution is 0.0953. The maximum absolute atomic E-state index is 11.8. The van der Waals surface area contributed by atoms with E-state index in [1.54, 1.807) is 36.3 Å². The smallest absolute Gasteiger partial charge is 0.252 e. The largest absolute Gasteiger partial charge is 0.370 e. The van der Waals surface area contributed by atoms with Crippen LogP contribution in [0.1, 0.15) is 22.5 Å². The molecule has 5 N–H and O–H groups in total. The van der Waals surface area contributed by atoms with E-state index in [1.807, 2.05) is 5.38 Å². The Balaban J connectivity index is 1.60. The van der Waals surface area contributed by atoms with Crippen LogP contribution < -0.4 is 16.8 Å². The fraction of sp³-hybridized carbons (Fsp3) is 0.286. The predicted molar refractivity (Wildman–Crippen MR) is 94.9 cm³/mol. The zero-order valence-electron chi connectivity index (χ0n) is 12.4. The average Bonchev–Trinajstić information content (AvgIpc) is 2.98. The first-order chi connectivity index (χ1) is 11.1. The van der Waals surface area contributed by atoms with Crippen LogP contribution in [0.2, 0.25) is 0 Å². The number of thiazole rings is 1. The van der Waals surface area contributed by atoms with Crippen LogP contribution in [-0.2, 0) is 5.75 Å². The first kappa shape index (κ1) is 17.2. The van der Waals surface area contributed by atoms with Gasteiger partial charge in [-0.1, -0.05) is 0 Å². The van der Waals surface area contributed by atoms with Crippen LogP contribution in [0.3, 0.4) is 0 Å². The Morgan fingerprint density at radius 2 is 2.30 bits per heavy atom. The second kappa shape index (κ2) is 9.11. The maximum Gasteiger partial charge on any atom is 0.252 e. The molecule has 0 fully saturated rings. The van der Waals surface area contributed by atoms with Gasteiger partial charge in [0.05, 0.1) is 11.3 Å². The molecule has 9 heteroatoms. The van der Waals surface area contributed by atoms with Crippen LogP contribution >= 0.6 is 23.1 Å². The normalized spacial score (nSPS) is 10.3. The minimum Gasteiger partial charge on any atom is -0.370 e. The number of nitrogens with zero attached hydrogens (tertiary/aromatic N) is 3. The van der Waals surface area contributed by atoms with Crippen molar-refractivity contribution in [2.24, 2.45) is 16.5 Å². The van der Waals surface area contributed by atoms with E-state index in [2.05, 4.69) is 20.3 Å². The molecule has 0 radical (unpaired) electrons. The molecule has 0 atom stereocenters. The van der Waals surface area contributed by atoms with Gasteiger partial charge in [-0.2, -0.15) is 16.8 Å². The van der Waals surface area contributed by atoms with Crippen molar-refractivity contribution in [3.63, 3.8) is 0 Å². The fourth-order valence-electron chi connectivity index (χ4n) is 1.68. The van der Waals surface area contributed by atoms with E-state index in [9.17, 15) is 4.79 Å². The number of guanidine groups is 1. The number of carbonyl (C=O) groups excluding carboxylic acids is 1. The molecule has 0 aliphatic carbocycles. The van der Waals surface area contributed by atoms with Gasteiger partial charge in [0.15, 0.2) is 5.96 Å². The topological polar surface area (TPSA) is 119 Å². The fourth-order valence-corrected chi connectivity index (χ4v) is 3.34. The zero-order valence-corrected chi connectivity index (χ0v) is 14.1. The molecule has 0 saturated carbocycles. The van der Waals surface area contributed by atoms with Crippen LogP contribution in [0.5, 0.6) is 0 Å². The second-order valence-corrected chi connectivity index (χ2v) is 6.50. The Hall–Kier alpha value is -2.13. The van der Waals surface area contributed by atoms with Crippen molar-refractivity contribution in [3.8, 4) is 0 Å². The lowest BCUT2D eigenvalue weighted by atomic mass is 10.2. The SMILES string of the molecule is NC(N)=Nc1nc(CSCCCNC(=O)c2cccnc2)cs1. The molecule has 122 valence electrons. The van der Waals surface area contributed by atoms with Gasteiger partial charge in [0.2, 0.25) is 5.13 Å². The molecule has 0 aliphatic rings. The van der Waals surface area contributed by atoms with Crippen LogP contribution in [0.25, 0.3) is 0 Å². The second-order valence-electron chi connectivity index (χ2n) is 4.56. The summed E-state index contributed by atoms with van der Waals surface area (Å²) in [7, 11) is 0. The Bertz CT molecular complexity index is 654. The van der Waals surface area contributed by atoms with Gasteiger partial charge < -0.3 is 16.8 Å². The third kappa shape index (κ3) is 6.25. The molecule has 2 heterocycles. The van der Waals surface area contributed by atoms with E-state index in [0.717, 1.165) is 23.6 Å². The first-order valence-corrected chi connectivity index (χ1v) is 8.98. The van der Waals surface area contributed by atoms with E-state index < -0.39 is 0 Å². The molecule has 0 saturated heterocycles. The number of amides is 1. The maximum atomic E-state index is 11.8. The van der Waals surface area contributed by atoms with Crippen molar-refractivity contribution >= 4 is 40.1 Å². The first-order valence-electron chi connectivity index (χ1n) is 6.95. The highest BCUT2D eigenvalue weighted by atomic mass is 32.2. The zero-order chi connectivity index (χ0) is 16.5. The molecule has 7 nitrogen and oxygen atoms in total. The van der Waals surface area contributed by atoms with Crippen LogP contribution in [0, 0.1) is 0 Å². The lowest BCUT2D eigenvalue weighted by Gasteiger charge is -2.04. The standard InChI is InChI=1S/C14H18N6OS2/c15-13(16)20-14-19-11(9-23-14)8-22-6-2-5-18-12(21)10-3-1-4-17-7-10/h1,3-4,7,9H,2,5-6,8H2,(H,18,21)(H4,15,16,19,20). The Morgan fingerprint density at radius 3 is 3.04 bits per heavy atom. The molecule has 2 aromatic heterocycles. The average molecular weight is 350 g/mol. The summed E-state index contributed by atoms with van der Waals surface area (Å²) >= 11 is 3.17. The number of hydrogen-bond donors (Lipinski definition) is 3. The summed E-state index contributed by atoms with van der Waals surface area (Å²) in [5.41, 5.74) is 12.1. The highest BCUT2D eigenvalue weighted by molar-refractivity contribution is 7.98. The number of nitrogens with two attached hydrogens (primary N) is 2. The third-order valence-electron chi connectivity index (χ3n) is 2.69. The molecule has 0 unspecified atom stereocenters. The number of aliphatic imine (C=N–C) groups is 1. The van der Waals surface area contributed by atoms with Gasteiger partial charge in [-0.25, -0.2) is 4.98 Å². The molecule has 0 aliphatic heterocycles. The van der Waals surface area contributed by atoms with E-state index in [-0.39, 0.29) is 11.9 Å². The predicted octanol–water partition coefficient (Wildman–Crippen LogP) is 1.50. The van der Waals surface area contributed by atoms with Gasteiger partial charge in [-0.05, 0) is 24.3 Å². The highest BCUT2D eigenvalue weighted by Gasteiger charge is 2.04. The third-order valence-corrected chi connectivity index (χ3v) is 4.55. The quantitative estimate of drug-likeness (QED) is 0.377. The molecule has 23 heavy (non-hydrogen) atoms. The number of carbonyl (C=O) groups is 1. The summed E-state index contributed by atoms with van der Waals surface area (Å²) < 4.78 is 0. The van der Waals surface area contributed by atoms with Crippen molar-refractivity contribution in [2.75, 3.05) is 12.3 Å². The summed E-state index contributed by atoms with van der Waals surface area (Å²) in [6, 6.07) is 3.49. The van der Waals surface area contributed by atoms with E-state index in [4.69, 9.17) is 11.5 Å². The number of nitrogens with one attached hydrogen (secondary N) is 1. The van der Waals surface area contributed by atoms with Crippen molar-refractivity contribution in [1.29, 1.82) is 0 Å². The molecule has 1 amide bonds. The number of aromatic nitrogens is 2. The molecule has 2 rings (SSSR count). The molecule has 2 aromatic rings. The monoisotopic (exact) mass is 350 g/mol. The highest BCUT2D eigenvalue weighted by Crippen LogP contribution is 2.21. The van der Waals surface area contributed by atoms with Crippen LogP contribution in [-0.4, -0.2) is 34.1 Å². The Labute approximate surface area is 142 Å². The lowest BCUT2D eigenvalue weighted by Crippen LogP contribution is -2.24.